The molecule has 1 aliphatic heterocycles. The van der Waals surface area contributed by atoms with Gasteiger partial charge in [0.2, 0.25) is 5.82 Å². The molecule has 0 amide bonds. The molecule has 0 unspecified atom stereocenters. The highest BCUT2D eigenvalue weighted by molar-refractivity contribution is 5.98. The summed E-state index contributed by atoms with van der Waals surface area (Å²) in [6.45, 7) is 4.01. The average molecular weight is 819 g/mol. The fraction of sp³-hybridized carbons (Fsp3) is 0.404. The summed E-state index contributed by atoms with van der Waals surface area (Å²) >= 11 is 0. The van der Waals surface area contributed by atoms with E-state index in [2.05, 4.69) is 83.4 Å². The zero-order chi connectivity index (χ0) is 41.7. The maximum atomic E-state index is 11.8. The highest BCUT2D eigenvalue weighted by Gasteiger charge is 2.29. The van der Waals surface area contributed by atoms with Gasteiger partial charge in [0.1, 0.15) is 30.4 Å². The number of likely N-dealkylation sites (tertiary alicyclic amines) is 1. The van der Waals surface area contributed by atoms with Gasteiger partial charge in [-0.3, -0.25) is 4.79 Å². The van der Waals surface area contributed by atoms with Gasteiger partial charge < -0.3 is 26.4 Å². The van der Waals surface area contributed by atoms with Gasteiger partial charge in [-0.05, 0) is 110 Å². The second-order valence-corrected chi connectivity index (χ2v) is 16.7. The molecule has 14 nitrogen and oxygen atoms in total. The molecular weight excluding hydrogens is 765 g/mol. The van der Waals surface area contributed by atoms with E-state index in [1.165, 1.54) is 53.8 Å². The van der Waals surface area contributed by atoms with Crippen LogP contribution in [0.3, 0.4) is 0 Å². The van der Waals surface area contributed by atoms with Gasteiger partial charge in [0.15, 0.2) is 5.78 Å². The summed E-state index contributed by atoms with van der Waals surface area (Å²) in [5, 5.41) is 28.9. The summed E-state index contributed by atoms with van der Waals surface area (Å²) in [5.74, 6) is 3.05. The summed E-state index contributed by atoms with van der Waals surface area (Å²) in [6.07, 6.45) is 13.1. The molecular formula is C47H54N12O2. The van der Waals surface area contributed by atoms with Crippen LogP contribution < -0.4 is 16.4 Å². The van der Waals surface area contributed by atoms with E-state index in [4.69, 9.17) is 20.8 Å². The minimum atomic E-state index is -0.463. The van der Waals surface area contributed by atoms with Gasteiger partial charge in [-0.1, -0.05) is 61.0 Å². The molecule has 1 saturated heterocycles. The van der Waals surface area contributed by atoms with Crippen molar-refractivity contribution in [3.05, 3.63) is 113 Å². The molecule has 0 spiro atoms. The molecule has 6 aromatic rings. The summed E-state index contributed by atoms with van der Waals surface area (Å²) in [7, 11) is 1.78. The monoisotopic (exact) mass is 818 g/mol. The first-order valence-corrected chi connectivity index (χ1v) is 21.8. The fourth-order valence-electron chi connectivity index (χ4n) is 9.19. The lowest BCUT2D eigenvalue weighted by Crippen LogP contribution is -2.33. The van der Waals surface area contributed by atoms with E-state index in [0.717, 1.165) is 108 Å². The number of rotatable bonds is 12. The number of ketones is 1. The minimum absolute atomic E-state index is 0.254. The van der Waals surface area contributed by atoms with E-state index in [1.54, 1.807) is 19.4 Å². The Kier molecular flexibility index (Phi) is 12.2. The fourth-order valence-corrected chi connectivity index (χ4v) is 9.19. The number of carbonyl (C=O) groups is 1. The molecule has 0 bridgehead atoms. The normalized spacial score (nSPS) is 17.7. The van der Waals surface area contributed by atoms with Gasteiger partial charge in [-0.15, -0.1) is 10.2 Å². The summed E-state index contributed by atoms with van der Waals surface area (Å²) in [6, 6.07) is 23.1. The molecule has 5 N–H and O–H groups in total. The number of tetrazole rings is 1. The van der Waals surface area contributed by atoms with Crippen LogP contribution >= 0.6 is 0 Å². The van der Waals surface area contributed by atoms with Crippen LogP contribution in [0.1, 0.15) is 95.6 Å². The Morgan fingerprint density at radius 3 is 2.38 bits per heavy atom. The van der Waals surface area contributed by atoms with Gasteiger partial charge >= 0.3 is 0 Å². The number of fused-ring (bicyclic) bond motifs is 6. The first-order valence-electron chi connectivity index (χ1n) is 21.8. The van der Waals surface area contributed by atoms with Crippen molar-refractivity contribution in [3.63, 3.8) is 0 Å². The molecule has 4 aliphatic rings. The molecule has 4 heterocycles. The number of nitrogens with zero attached hydrogens (tertiary/aromatic N) is 9. The van der Waals surface area contributed by atoms with Crippen LogP contribution in [0.2, 0.25) is 0 Å². The van der Waals surface area contributed by atoms with E-state index < -0.39 is 6.61 Å². The van der Waals surface area contributed by atoms with Crippen LogP contribution in [0.25, 0.3) is 33.6 Å². The lowest BCUT2D eigenvalue weighted by molar-refractivity contribution is 0.0903. The number of anilines is 2. The van der Waals surface area contributed by atoms with Crippen molar-refractivity contribution in [2.45, 2.75) is 82.7 Å². The van der Waals surface area contributed by atoms with Crippen molar-refractivity contribution in [1.29, 1.82) is 0 Å². The van der Waals surface area contributed by atoms with Crippen molar-refractivity contribution in [3.8, 4) is 33.6 Å². The van der Waals surface area contributed by atoms with Gasteiger partial charge in [-0.2, -0.15) is 4.80 Å². The van der Waals surface area contributed by atoms with Crippen molar-refractivity contribution in [2.24, 2.45) is 12.8 Å². The van der Waals surface area contributed by atoms with Crippen molar-refractivity contribution < 1.29 is 9.90 Å². The molecule has 314 valence electrons. The lowest BCUT2D eigenvalue weighted by Gasteiger charge is -2.28. The number of piperidine rings is 1. The highest BCUT2D eigenvalue weighted by atomic mass is 16.3. The lowest BCUT2D eigenvalue weighted by atomic mass is 9.91. The highest BCUT2D eigenvalue weighted by Crippen LogP contribution is 2.42. The van der Waals surface area contributed by atoms with Gasteiger partial charge in [0.05, 0.1) is 18.4 Å². The number of nitrogens with two attached hydrogens (primary N) is 1. The number of aryl methyl sites for hydroxylation is 1. The number of hydrogen-bond acceptors (Lipinski definition) is 13. The molecule has 14 heteroatoms. The van der Waals surface area contributed by atoms with E-state index in [0.29, 0.717) is 36.3 Å². The number of aliphatic hydroxyl groups is 1. The van der Waals surface area contributed by atoms with Crippen molar-refractivity contribution >= 4 is 17.4 Å². The van der Waals surface area contributed by atoms with Crippen LogP contribution in [-0.4, -0.2) is 101 Å². The average Bonchev–Trinajstić information content (AvgIpc) is 4.01. The zero-order valence-electron chi connectivity index (χ0n) is 34.9. The quantitative estimate of drug-likeness (QED) is 0.0830. The predicted molar refractivity (Wildman–Crippen MR) is 236 cm³/mol. The molecule has 10 rings (SSSR count). The first kappa shape index (κ1) is 40.4. The van der Waals surface area contributed by atoms with Crippen LogP contribution in [-0.2, 0) is 26.3 Å². The molecule has 2 fully saturated rings. The first-order chi connectivity index (χ1) is 29.9. The Balaban J connectivity index is 0.000000161. The second-order valence-electron chi connectivity index (χ2n) is 16.7. The van der Waals surface area contributed by atoms with E-state index in [9.17, 15) is 4.79 Å². The van der Waals surface area contributed by atoms with E-state index >= 15 is 0 Å². The standard InChI is InChI=1S/C26H28N8.C21H26N4O2/c1-34-32-25(31-33-34)17-7-12-21-18(14-17)15-22-24(21)26(28-20-10-8-19(27)9-11-20)30-23(29-22)13-16-5-3-2-4-6-16;26-13-19(27)15-5-6-17-16(11-15)12-18-20(17)21(24-14-23-18)22-7-4-10-25-8-2-1-3-9-25/h2-7,12,14,19-20H,8-11,13,15,27H2,1H3,(H,28,29,30);5-6,11,14,26H,1-4,7-10,12-13H2,(H,22,23,24). The van der Waals surface area contributed by atoms with Crippen molar-refractivity contribution in [2.75, 3.05) is 43.4 Å². The molecule has 3 aliphatic carbocycles. The maximum absolute atomic E-state index is 11.8. The number of nitrogens with one attached hydrogen (secondary N) is 2. The van der Waals surface area contributed by atoms with Gasteiger partial charge in [0.25, 0.3) is 0 Å². The minimum Gasteiger partial charge on any atom is -0.388 e. The Bertz CT molecular complexity index is 2490. The summed E-state index contributed by atoms with van der Waals surface area (Å²) in [4.78, 5) is 34.8. The van der Waals surface area contributed by atoms with Crippen LogP contribution in [0.15, 0.2) is 73.1 Å². The molecule has 3 aromatic carbocycles. The number of Topliss-reactive ketones (excluding diaryl/α,β-unsaturated/α-hetero) is 1. The number of carbonyl (C=O) groups excluding carboxylic acids is 1. The van der Waals surface area contributed by atoms with Crippen LogP contribution in [0.4, 0.5) is 11.6 Å². The third-order valence-corrected chi connectivity index (χ3v) is 12.4. The number of benzene rings is 3. The molecule has 1 saturated carbocycles. The van der Waals surface area contributed by atoms with E-state index in [1.807, 2.05) is 18.2 Å². The summed E-state index contributed by atoms with van der Waals surface area (Å²) < 4.78 is 0. The topological polar surface area (TPSA) is 186 Å². The third kappa shape index (κ3) is 9.21. The predicted octanol–water partition coefficient (Wildman–Crippen LogP) is 6.02. The Hall–Kier alpha value is -5.96. The van der Waals surface area contributed by atoms with E-state index in [-0.39, 0.29) is 5.78 Å². The third-order valence-electron chi connectivity index (χ3n) is 12.4. The van der Waals surface area contributed by atoms with Crippen LogP contribution in [0.5, 0.6) is 0 Å². The van der Waals surface area contributed by atoms with Gasteiger partial charge in [-0.25, -0.2) is 19.9 Å². The Labute approximate surface area is 356 Å². The Morgan fingerprint density at radius 1 is 0.852 bits per heavy atom. The zero-order valence-corrected chi connectivity index (χ0v) is 34.9. The van der Waals surface area contributed by atoms with Gasteiger partial charge in [0, 0.05) is 60.1 Å². The SMILES string of the molecule is Cn1nnc(-c2ccc3c(c2)Cc2nc(Cc4ccccc4)nc(NC4CCC(N)CC4)c2-3)n1.O=C(CO)c1ccc2c(c1)Cc1ncnc(NCCCN3CCCCC3)c1-2. The molecule has 0 radical (unpaired) electrons. The largest absolute Gasteiger partial charge is 0.388 e. The smallest absolute Gasteiger partial charge is 0.204 e. The molecule has 3 aromatic heterocycles. The second kappa shape index (κ2) is 18.3. The Morgan fingerprint density at radius 2 is 1.61 bits per heavy atom. The summed E-state index contributed by atoms with van der Waals surface area (Å²) in [5.41, 5.74) is 17.7. The number of aliphatic hydroxyl groups excluding tert-OH is 1. The molecule has 0 atom stereocenters. The number of aromatic nitrogens is 8. The maximum Gasteiger partial charge on any atom is 0.204 e. The molecule has 61 heavy (non-hydrogen) atoms. The van der Waals surface area contributed by atoms with Crippen LogP contribution in [0, 0.1) is 0 Å². The number of hydrogen-bond donors (Lipinski definition) is 4. The van der Waals surface area contributed by atoms with Crippen molar-refractivity contribution in [1.82, 2.24) is 45.0 Å².